The van der Waals surface area contributed by atoms with Crippen LogP contribution in [0.15, 0.2) is 18.2 Å². The zero-order chi connectivity index (χ0) is 14.1. The number of anilines is 1. The molecule has 0 spiro atoms. The molecule has 0 amide bonds. The number of nitrogens with zero attached hydrogens (tertiary/aromatic N) is 1. The van der Waals surface area contributed by atoms with Gasteiger partial charge in [0.2, 0.25) is 0 Å². The second kappa shape index (κ2) is 5.64. The van der Waals surface area contributed by atoms with Gasteiger partial charge in [-0.05, 0) is 25.0 Å². The van der Waals surface area contributed by atoms with Crippen molar-refractivity contribution in [2.45, 2.75) is 18.8 Å². The third kappa shape index (κ3) is 2.39. The van der Waals surface area contributed by atoms with Crippen LogP contribution in [0, 0.1) is 0 Å². The van der Waals surface area contributed by atoms with Crippen LogP contribution in [0.1, 0.15) is 24.5 Å². The average molecular weight is 312 g/mol. The lowest BCUT2D eigenvalue weighted by Gasteiger charge is -2.22. The Hall–Kier alpha value is -1.23. The van der Waals surface area contributed by atoms with Crippen molar-refractivity contribution in [3.63, 3.8) is 0 Å². The fourth-order valence-corrected chi connectivity index (χ4v) is 3.24. The first-order chi connectivity index (χ1) is 9.68. The lowest BCUT2D eigenvalue weighted by atomic mass is 9.91. The zero-order valence-electron chi connectivity index (χ0n) is 10.8. The van der Waals surface area contributed by atoms with Crippen LogP contribution < -0.4 is 5.73 Å². The van der Waals surface area contributed by atoms with E-state index in [1.807, 2.05) is 18.2 Å². The van der Waals surface area contributed by atoms with Crippen LogP contribution in [0.5, 0.6) is 0 Å². The predicted molar refractivity (Wildman–Crippen MR) is 81.3 cm³/mol. The maximum Gasteiger partial charge on any atom is 0.153 e. The number of aromatic nitrogens is 2. The van der Waals surface area contributed by atoms with Crippen molar-refractivity contribution in [2.75, 3.05) is 18.9 Å². The summed E-state index contributed by atoms with van der Waals surface area (Å²) in [4.78, 5) is 0. The van der Waals surface area contributed by atoms with E-state index in [4.69, 9.17) is 33.7 Å². The quantitative estimate of drug-likeness (QED) is 0.885. The topological polar surface area (TPSA) is 63.9 Å². The molecule has 0 unspecified atom stereocenters. The number of aromatic amines is 1. The molecule has 0 atom stereocenters. The highest BCUT2D eigenvalue weighted by atomic mass is 35.5. The van der Waals surface area contributed by atoms with Crippen LogP contribution in [0.25, 0.3) is 11.1 Å². The van der Waals surface area contributed by atoms with Crippen molar-refractivity contribution in [1.29, 1.82) is 0 Å². The molecule has 0 radical (unpaired) electrons. The maximum absolute atomic E-state index is 6.30. The molecule has 6 heteroatoms. The highest BCUT2D eigenvalue weighted by Crippen LogP contribution is 2.42. The predicted octanol–water partition coefficient (Wildman–Crippen LogP) is 3.86. The monoisotopic (exact) mass is 311 g/mol. The first-order valence-corrected chi connectivity index (χ1v) is 7.30. The summed E-state index contributed by atoms with van der Waals surface area (Å²) in [6.45, 7) is 1.50. The smallest absolute Gasteiger partial charge is 0.153 e. The Kier molecular flexibility index (Phi) is 3.87. The second-order valence-corrected chi connectivity index (χ2v) is 5.70. The van der Waals surface area contributed by atoms with Crippen molar-refractivity contribution in [3.8, 4) is 11.1 Å². The highest BCUT2D eigenvalue weighted by Gasteiger charge is 2.25. The number of nitrogens with one attached hydrogen (secondary N) is 1. The molecule has 106 valence electrons. The highest BCUT2D eigenvalue weighted by molar-refractivity contribution is 6.39. The van der Waals surface area contributed by atoms with E-state index in [0.717, 1.165) is 42.9 Å². The molecule has 1 fully saturated rings. The van der Waals surface area contributed by atoms with E-state index < -0.39 is 0 Å². The standard InChI is InChI=1S/C14H15Cl2N3O/c15-9-2-1-3-10(16)11(9)12-13(18-19-14(12)17)8-4-6-20-7-5-8/h1-3,8H,4-7H2,(H3,17,18,19). The molecule has 1 aliphatic rings. The Bertz CT molecular complexity index is 601. The van der Waals surface area contributed by atoms with Crippen LogP contribution in [0.4, 0.5) is 5.82 Å². The third-order valence-corrected chi connectivity index (χ3v) is 4.29. The molecule has 4 nitrogen and oxygen atoms in total. The number of nitrogens with two attached hydrogens (primary N) is 1. The van der Waals surface area contributed by atoms with Crippen molar-refractivity contribution >= 4 is 29.0 Å². The number of benzene rings is 1. The summed E-state index contributed by atoms with van der Waals surface area (Å²) < 4.78 is 5.40. The number of H-pyrrole nitrogens is 1. The van der Waals surface area contributed by atoms with Gasteiger partial charge in [0.1, 0.15) is 0 Å². The summed E-state index contributed by atoms with van der Waals surface area (Å²) in [7, 11) is 0. The number of rotatable bonds is 2. The van der Waals surface area contributed by atoms with Gasteiger partial charge in [0.15, 0.2) is 5.82 Å². The first kappa shape index (κ1) is 13.7. The molecule has 1 aliphatic heterocycles. The molecule has 3 rings (SSSR count). The van der Waals surface area contributed by atoms with Crippen molar-refractivity contribution in [1.82, 2.24) is 10.2 Å². The molecule has 20 heavy (non-hydrogen) atoms. The summed E-state index contributed by atoms with van der Waals surface area (Å²) in [5.74, 6) is 0.775. The van der Waals surface area contributed by atoms with Gasteiger partial charge in [-0.15, -0.1) is 0 Å². The van der Waals surface area contributed by atoms with Crippen LogP contribution in [-0.4, -0.2) is 23.4 Å². The number of hydrogen-bond donors (Lipinski definition) is 2. The Morgan fingerprint density at radius 2 is 1.80 bits per heavy atom. The van der Waals surface area contributed by atoms with Crippen LogP contribution in [-0.2, 0) is 4.74 Å². The van der Waals surface area contributed by atoms with Gasteiger partial charge in [-0.25, -0.2) is 0 Å². The lowest BCUT2D eigenvalue weighted by Crippen LogP contribution is -2.15. The van der Waals surface area contributed by atoms with Crippen molar-refractivity contribution in [3.05, 3.63) is 33.9 Å². The first-order valence-electron chi connectivity index (χ1n) is 6.54. The van der Waals surface area contributed by atoms with E-state index in [9.17, 15) is 0 Å². The third-order valence-electron chi connectivity index (χ3n) is 3.66. The molecule has 1 aromatic heterocycles. The maximum atomic E-state index is 6.30. The molecule has 3 N–H and O–H groups in total. The van der Waals surface area contributed by atoms with E-state index in [1.165, 1.54) is 0 Å². The summed E-state index contributed by atoms with van der Waals surface area (Å²) in [6.07, 6.45) is 1.88. The van der Waals surface area contributed by atoms with Crippen molar-refractivity contribution in [2.24, 2.45) is 0 Å². The zero-order valence-corrected chi connectivity index (χ0v) is 12.3. The van der Waals surface area contributed by atoms with Crippen LogP contribution in [0.3, 0.4) is 0 Å². The molecule has 0 bridgehead atoms. The summed E-state index contributed by atoms with van der Waals surface area (Å²) in [5.41, 5.74) is 8.61. The minimum absolute atomic E-state index is 0.343. The summed E-state index contributed by atoms with van der Waals surface area (Å²) >= 11 is 12.6. The Morgan fingerprint density at radius 3 is 2.45 bits per heavy atom. The molecular formula is C14H15Cl2N3O. The van der Waals surface area contributed by atoms with E-state index >= 15 is 0 Å². The van der Waals surface area contributed by atoms with E-state index in [2.05, 4.69) is 10.2 Å². The van der Waals surface area contributed by atoms with E-state index in [-0.39, 0.29) is 0 Å². The number of ether oxygens (including phenoxy) is 1. The Balaban J connectivity index is 2.11. The van der Waals surface area contributed by atoms with E-state index in [0.29, 0.717) is 21.8 Å². The second-order valence-electron chi connectivity index (χ2n) is 4.88. The largest absolute Gasteiger partial charge is 0.382 e. The molecule has 1 saturated heterocycles. The summed E-state index contributed by atoms with van der Waals surface area (Å²) in [6, 6.07) is 5.44. The van der Waals surface area contributed by atoms with Gasteiger partial charge in [-0.1, -0.05) is 29.3 Å². The minimum atomic E-state index is 0.343. The number of hydrogen-bond acceptors (Lipinski definition) is 3. The normalized spacial score (nSPS) is 16.5. The SMILES string of the molecule is Nc1n[nH]c(C2CCOCC2)c1-c1c(Cl)cccc1Cl. The van der Waals surface area contributed by atoms with Gasteiger partial charge in [0, 0.05) is 36.0 Å². The van der Waals surface area contributed by atoms with Gasteiger partial charge in [0.05, 0.1) is 10.0 Å². The fraction of sp³-hybridized carbons (Fsp3) is 0.357. The van der Waals surface area contributed by atoms with Gasteiger partial charge >= 0.3 is 0 Å². The van der Waals surface area contributed by atoms with Gasteiger partial charge < -0.3 is 10.5 Å². The average Bonchev–Trinajstić information content (AvgIpc) is 2.82. The molecular weight excluding hydrogens is 297 g/mol. The molecule has 2 heterocycles. The van der Waals surface area contributed by atoms with Gasteiger partial charge in [-0.3, -0.25) is 5.10 Å². The fourth-order valence-electron chi connectivity index (χ4n) is 2.65. The van der Waals surface area contributed by atoms with Crippen LogP contribution in [0.2, 0.25) is 10.0 Å². The van der Waals surface area contributed by atoms with Gasteiger partial charge in [-0.2, -0.15) is 5.10 Å². The molecule has 0 aliphatic carbocycles. The van der Waals surface area contributed by atoms with Crippen LogP contribution >= 0.6 is 23.2 Å². The number of halogens is 2. The molecule has 2 aromatic rings. The Morgan fingerprint density at radius 1 is 1.15 bits per heavy atom. The molecule has 0 saturated carbocycles. The van der Waals surface area contributed by atoms with Crippen molar-refractivity contribution < 1.29 is 4.74 Å². The Labute approximate surface area is 127 Å². The minimum Gasteiger partial charge on any atom is -0.382 e. The number of nitrogen functional groups attached to an aromatic ring is 1. The van der Waals surface area contributed by atoms with Gasteiger partial charge in [0.25, 0.3) is 0 Å². The van der Waals surface area contributed by atoms with E-state index in [1.54, 1.807) is 0 Å². The lowest BCUT2D eigenvalue weighted by molar-refractivity contribution is 0.0846. The summed E-state index contributed by atoms with van der Waals surface area (Å²) in [5, 5.41) is 8.36. The molecule has 1 aromatic carbocycles.